The number of anilines is 3. The van der Waals surface area contributed by atoms with Gasteiger partial charge in [0.1, 0.15) is 11.5 Å². The van der Waals surface area contributed by atoms with Crippen molar-refractivity contribution in [3.63, 3.8) is 0 Å². The number of hydrogen-bond acceptors (Lipinski definition) is 5. The number of carbonyl (C=O) groups is 1. The molecule has 0 fully saturated rings. The molecular weight excluding hydrogens is 332 g/mol. The van der Waals surface area contributed by atoms with Gasteiger partial charge < -0.3 is 10.6 Å². The van der Waals surface area contributed by atoms with E-state index in [1.807, 2.05) is 25.1 Å². The second kappa shape index (κ2) is 6.76. The van der Waals surface area contributed by atoms with E-state index >= 15 is 0 Å². The SMILES string of the molecule is Cc1cccc(Nc2nc(C(=O)Nc3cccc(Cl)c3)cs2)n1. The highest BCUT2D eigenvalue weighted by atomic mass is 35.5. The second-order valence-electron chi connectivity index (χ2n) is 4.79. The van der Waals surface area contributed by atoms with Gasteiger partial charge in [0.15, 0.2) is 5.13 Å². The maximum atomic E-state index is 12.2. The molecule has 5 nitrogen and oxygen atoms in total. The minimum Gasteiger partial charge on any atom is -0.321 e. The summed E-state index contributed by atoms with van der Waals surface area (Å²) in [5.41, 5.74) is 1.88. The van der Waals surface area contributed by atoms with Crippen LogP contribution in [0.25, 0.3) is 0 Å². The number of hydrogen-bond donors (Lipinski definition) is 2. The van der Waals surface area contributed by atoms with Crippen LogP contribution in [-0.4, -0.2) is 15.9 Å². The van der Waals surface area contributed by atoms with Gasteiger partial charge in [-0.25, -0.2) is 9.97 Å². The summed E-state index contributed by atoms with van der Waals surface area (Å²) in [6.07, 6.45) is 0. The van der Waals surface area contributed by atoms with Crippen molar-refractivity contribution in [2.45, 2.75) is 6.92 Å². The highest BCUT2D eigenvalue weighted by Gasteiger charge is 2.11. The molecule has 7 heteroatoms. The monoisotopic (exact) mass is 344 g/mol. The number of thiazole rings is 1. The van der Waals surface area contributed by atoms with Crippen molar-refractivity contribution in [3.8, 4) is 0 Å². The minimum atomic E-state index is -0.284. The van der Waals surface area contributed by atoms with Gasteiger partial charge >= 0.3 is 0 Å². The smallest absolute Gasteiger partial charge is 0.275 e. The van der Waals surface area contributed by atoms with Crippen molar-refractivity contribution in [3.05, 3.63) is 64.3 Å². The van der Waals surface area contributed by atoms with Crippen LogP contribution in [0.1, 0.15) is 16.2 Å². The number of pyridine rings is 1. The van der Waals surface area contributed by atoms with Crippen LogP contribution in [0.3, 0.4) is 0 Å². The number of nitrogens with one attached hydrogen (secondary N) is 2. The molecule has 0 radical (unpaired) electrons. The van der Waals surface area contributed by atoms with Crippen LogP contribution in [-0.2, 0) is 0 Å². The average molecular weight is 345 g/mol. The molecule has 0 unspecified atom stereocenters. The lowest BCUT2D eigenvalue weighted by Gasteiger charge is -2.03. The first-order chi connectivity index (χ1) is 11.1. The molecule has 0 aliphatic heterocycles. The Morgan fingerprint density at radius 3 is 2.78 bits per heavy atom. The molecule has 0 spiro atoms. The Bertz CT molecular complexity index is 849. The van der Waals surface area contributed by atoms with Crippen LogP contribution in [0.2, 0.25) is 5.02 Å². The van der Waals surface area contributed by atoms with Gasteiger partial charge in [0.05, 0.1) is 0 Å². The lowest BCUT2D eigenvalue weighted by molar-refractivity contribution is 0.102. The zero-order chi connectivity index (χ0) is 16.2. The van der Waals surface area contributed by atoms with Crippen LogP contribution in [0.5, 0.6) is 0 Å². The van der Waals surface area contributed by atoms with Gasteiger partial charge in [0.25, 0.3) is 5.91 Å². The van der Waals surface area contributed by atoms with E-state index in [2.05, 4.69) is 20.6 Å². The summed E-state index contributed by atoms with van der Waals surface area (Å²) in [6.45, 7) is 1.91. The summed E-state index contributed by atoms with van der Waals surface area (Å²) in [5.74, 6) is 0.412. The Morgan fingerprint density at radius 2 is 2.00 bits per heavy atom. The molecular formula is C16H13ClN4OS. The molecule has 23 heavy (non-hydrogen) atoms. The Labute approximate surface area is 142 Å². The molecule has 0 aliphatic carbocycles. The molecule has 3 rings (SSSR count). The van der Waals surface area contributed by atoms with Gasteiger partial charge in [-0.05, 0) is 37.3 Å². The van der Waals surface area contributed by atoms with Crippen LogP contribution in [0.4, 0.5) is 16.6 Å². The molecule has 1 aromatic carbocycles. The Kier molecular flexibility index (Phi) is 4.55. The predicted octanol–water partition coefficient (Wildman–Crippen LogP) is 4.50. The van der Waals surface area contributed by atoms with Gasteiger partial charge in [-0.1, -0.05) is 23.7 Å². The molecule has 0 saturated carbocycles. The number of benzene rings is 1. The number of halogens is 1. The summed E-state index contributed by atoms with van der Waals surface area (Å²) in [6, 6.07) is 12.6. The number of aromatic nitrogens is 2. The maximum absolute atomic E-state index is 12.2. The number of rotatable bonds is 4. The molecule has 2 aromatic heterocycles. The standard InChI is InChI=1S/C16H13ClN4OS/c1-10-4-2-7-14(18-10)21-16-20-13(9-23-16)15(22)19-12-6-3-5-11(17)8-12/h2-9H,1H3,(H,19,22)(H,18,20,21). The third kappa shape index (κ3) is 4.06. The summed E-state index contributed by atoms with van der Waals surface area (Å²) < 4.78 is 0. The molecule has 0 aliphatic rings. The number of amides is 1. The molecule has 116 valence electrons. The quantitative estimate of drug-likeness (QED) is 0.731. The van der Waals surface area contributed by atoms with Crippen molar-refractivity contribution in [2.75, 3.05) is 10.6 Å². The van der Waals surface area contributed by atoms with Crippen molar-refractivity contribution in [1.29, 1.82) is 0 Å². The fourth-order valence-corrected chi connectivity index (χ4v) is 2.81. The Morgan fingerprint density at radius 1 is 1.17 bits per heavy atom. The lowest BCUT2D eigenvalue weighted by atomic mass is 10.3. The molecule has 2 N–H and O–H groups in total. The Hall–Kier alpha value is -2.44. The average Bonchev–Trinajstić information content (AvgIpc) is 2.96. The number of aryl methyl sites for hydroxylation is 1. The van der Waals surface area contributed by atoms with E-state index in [1.54, 1.807) is 29.6 Å². The van der Waals surface area contributed by atoms with Gasteiger partial charge in [-0.3, -0.25) is 4.79 Å². The molecule has 0 saturated heterocycles. The first-order valence-electron chi connectivity index (χ1n) is 6.83. The van der Waals surface area contributed by atoms with Crippen LogP contribution in [0.15, 0.2) is 47.8 Å². The van der Waals surface area contributed by atoms with E-state index in [9.17, 15) is 4.79 Å². The molecule has 2 heterocycles. The fourth-order valence-electron chi connectivity index (χ4n) is 1.92. The van der Waals surface area contributed by atoms with Crippen molar-refractivity contribution < 1.29 is 4.79 Å². The zero-order valence-corrected chi connectivity index (χ0v) is 13.8. The van der Waals surface area contributed by atoms with Crippen molar-refractivity contribution in [2.24, 2.45) is 0 Å². The topological polar surface area (TPSA) is 66.9 Å². The summed E-state index contributed by atoms with van der Waals surface area (Å²) >= 11 is 7.24. The summed E-state index contributed by atoms with van der Waals surface area (Å²) in [4.78, 5) is 20.8. The fraction of sp³-hybridized carbons (Fsp3) is 0.0625. The summed E-state index contributed by atoms with van der Waals surface area (Å²) in [7, 11) is 0. The second-order valence-corrected chi connectivity index (χ2v) is 6.09. The Balaban J connectivity index is 1.70. The maximum Gasteiger partial charge on any atom is 0.275 e. The third-order valence-corrected chi connectivity index (χ3v) is 3.94. The van der Waals surface area contributed by atoms with E-state index < -0.39 is 0 Å². The molecule has 0 bridgehead atoms. The highest BCUT2D eigenvalue weighted by Crippen LogP contribution is 2.21. The molecule has 1 amide bonds. The van der Waals surface area contributed by atoms with E-state index in [0.29, 0.717) is 27.4 Å². The van der Waals surface area contributed by atoms with Crippen molar-refractivity contribution >= 4 is 45.5 Å². The number of carbonyl (C=O) groups excluding carboxylic acids is 1. The normalized spacial score (nSPS) is 10.3. The van der Waals surface area contributed by atoms with Gasteiger partial charge in [-0.2, -0.15) is 0 Å². The lowest BCUT2D eigenvalue weighted by Crippen LogP contribution is -2.12. The predicted molar refractivity (Wildman–Crippen MR) is 93.8 cm³/mol. The third-order valence-electron chi connectivity index (χ3n) is 2.94. The zero-order valence-electron chi connectivity index (χ0n) is 12.2. The van der Waals surface area contributed by atoms with E-state index in [-0.39, 0.29) is 5.91 Å². The first-order valence-corrected chi connectivity index (χ1v) is 8.09. The highest BCUT2D eigenvalue weighted by molar-refractivity contribution is 7.14. The van der Waals surface area contributed by atoms with Gasteiger partial charge in [-0.15, -0.1) is 11.3 Å². The van der Waals surface area contributed by atoms with Gasteiger partial charge in [0, 0.05) is 21.8 Å². The molecule has 0 atom stereocenters. The largest absolute Gasteiger partial charge is 0.321 e. The van der Waals surface area contributed by atoms with E-state index in [4.69, 9.17) is 11.6 Å². The number of nitrogens with zero attached hydrogens (tertiary/aromatic N) is 2. The van der Waals surface area contributed by atoms with Gasteiger partial charge in [0.2, 0.25) is 0 Å². The first kappa shape index (κ1) is 15.5. The minimum absolute atomic E-state index is 0.284. The van der Waals surface area contributed by atoms with E-state index in [0.717, 1.165) is 5.69 Å². The van der Waals surface area contributed by atoms with Crippen LogP contribution < -0.4 is 10.6 Å². The summed E-state index contributed by atoms with van der Waals surface area (Å²) in [5, 5.41) is 8.72. The van der Waals surface area contributed by atoms with E-state index in [1.165, 1.54) is 11.3 Å². The van der Waals surface area contributed by atoms with Crippen LogP contribution in [0, 0.1) is 6.92 Å². The van der Waals surface area contributed by atoms with Crippen molar-refractivity contribution in [1.82, 2.24) is 9.97 Å². The molecule has 3 aromatic rings. The van der Waals surface area contributed by atoms with Crippen LogP contribution >= 0.6 is 22.9 Å².